The lowest BCUT2D eigenvalue weighted by Gasteiger charge is -2.40. The number of nitrogens with two attached hydrogens (primary N) is 1. The first-order chi connectivity index (χ1) is 22.5. The van der Waals surface area contributed by atoms with Gasteiger partial charge in [0, 0.05) is 12.7 Å². The number of amides is 5. The monoisotopic (exact) mass is 684 g/mol. The predicted molar refractivity (Wildman–Crippen MR) is 181 cm³/mol. The molecule has 13 heteroatoms. The number of Topliss-reactive ketones (excluding diaryl/α,β-unsaturated/α-hetero) is 1. The smallest absolute Gasteiger partial charge is 0.315 e. The van der Waals surface area contributed by atoms with Gasteiger partial charge in [-0.1, -0.05) is 79.2 Å². The van der Waals surface area contributed by atoms with Gasteiger partial charge in [-0.2, -0.15) is 0 Å². The first kappa shape index (κ1) is 35.9. The summed E-state index contributed by atoms with van der Waals surface area (Å²) in [6, 6.07) is 1.87. The maximum absolute atomic E-state index is 14.4. The van der Waals surface area contributed by atoms with Crippen LogP contribution in [0.3, 0.4) is 0 Å². The molecule has 4 fully saturated rings. The van der Waals surface area contributed by atoms with E-state index in [4.69, 9.17) is 5.73 Å². The third kappa shape index (κ3) is 7.60. The molecule has 3 saturated carbocycles. The van der Waals surface area contributed by atoms with E-state index in [9.17, 15) is 28.2 Å². The van der Waals surface area contributed by atoms with Gasteiger partial charge in [-0.05, 0) is 60.0 Å². The van der Waals surface area contributed by atoms with Crippen LogP contribution >= 0.6 is 0 Å². The number of primary amides is 1. The molecule has 0 bridgehead atoms. The Morgan fingerprint density at radius 1 is 1.04 bits per heavy atom. The van der Waals surface area contributed by atoms with Crippen molar-refractivity contribution in [1.82, 2.24) is 25.8 Å². The van der Waals surface area contributed by atoms with E-state index in [0.29, 0.717) is 30.8 Å². The quantitative estimate of drug-likeness (QED) is 0.244. The first-order valence-corrected chi connectivity index (χ1v) is 18.7. The Hall–Kier alpha value is -3.35. The van der Waals surface area contributed by atoms with Gasteiger partial charge in [0.25, 0.3) is 5.91 Å². The van der Waals surface area contributed by atoms with Gasteiger partial charge in [0.05, 0.1) is 28.1 Å². The molecule has 2 heterocycles. The lowest BCUT2D eigenvalue weighted by Crippen LogP contribution is -2.63. The molecule has 1 aromatic heterocycles. The van der Waals surface area contributed by atoms with Crippen LogP contribution in [0.25, 0.3) is 0 Å². The van der Waals surface area contributed by atoms with E-state index in [1.54, 1.807) is 29.3 Å². The highest BCUT2D eigenvalue weighted by molar-refractivity contribution is 7.85. The van der Waals surface area contributed by atoms with Crippen molar-refractivity contribution in [2.75, 3.05) is 12.3 Å². The van der Waals surface area contributed by atoms with Crippen molar-refractivity contribution in [3.05, 3.63) is 24.4 Å². The molecule has 4 unspecified atom stereocenters. The van der Waals surface area contributed by atoms with E-state index in [1.165, 1.54) is 0 Å². The second-order valence-corrected chi connectivity index (χ2v) is 17.5. The topological polar surface area (TPSA) is 181 Å². The number of ketones is 1. The fraction of sp³-hybridized carbons (Fsp3) is 0.714. The van der Waals surface area contributed by atoms with E-state index >= 15 is 0 Å². The van der Waals surface area contributed by atoms with E-state index in [2.05, 4.69) is 34.8 Å². The standard InChI is InChI=1S/C35H52N6O6S/c1-33(2,3)28(39-32(46)40-35(15-8-6-9-16-35)20-48(47)24-14-7-10-17-37-24)31(45)41-19-22-25(34(22,4)5)26(41)30(44)38-23(27(42)29(36)43)18-21-12-11-13-21/h7,10,14,17,21-23,25-26,28H,6,8-9,11-13,15-16,18-20H2,1-5H3,(H2,36,43)(H,38,44)(H2,39,40,46)/t22?,23?,25?,26-,28+,48?/m0/s1. The summed E-state index contributed by atoms with van der Waals surface area (Å²) in [4.78, 5) is 72.6. The Morgan fingerprint density at radius 2 is 1.73 bits per heavy atom. The number of fused-ring (bicyclic) bond motifs is 1. The largest absolute Gasteiger partial charge is 0.363 e. The van der Waals surface area contributed by atoms with Crippen molar-refractivity contribution >= 4 is 40.3 Å². The number of nitrogens with zero attached hydrogens (tertiary/aromatic N) is 2. The van der Waals surface area contributed by atoms with Crippen molar-refractivity contribution in [3.63, 3.8) is 0 Å². The van der Waals surface area contributed by atoms with Gasteiger partial charge in [0.2, 0.25) is 17.6 Å². The van der Waals surface area contributed by atoms with E-state index in [0.717, 1.165) is 38.5 Å². The van der Waals surface area contributed by atoms with Gasteiger partial charge < -0.3 is 26.6 Å². The minimum atomic E-state index is -1.43. The number of urea groups is 1. The zero-order chi connectivity index (χ0) is 35.0. The number of pyridine rings is 1. The Kier molecular flexibility index (Phi) is 10.4. The molecule has 4 aliphatic rings. The van der Waals surface area contributed by atoms with Crippen LogP contribution < -0.4 is 21.7 Å². The van der Waals surface area contributed by atoms with Crippen molar-refractivity contribution in [3.8, 4) is 0 Å². The lowest BCUT2D eigenvalue weighted by atomic mass is 9.80. The number of piperidine rings is 1. The van der Waals surface area contributed by atoms with Crippen molar-refractivity contribution < 1.29 is 28.2 Å². The summed E-state index contributed by atoms with van der Waals surface area (Å²) in [7, 11) is -1.43. The zero-order valence-corrected chi connectivity index (χ0v) is 29.7. The molecule has 0 spiro atoms. The predicted octanol–water partition coefficient (Wildman–Crippen LogP) is 2.82. The number of hydrogen-bond acceptors (Lipinski definition) is 7. The summed E-state index contributed by atoms with van der Waals surface area (Å²) in [5, 5.41) is 9.33. The highest BCUT2D eigenvalue weighted by Gasteiger charge is 2.70. The number of carbonyl (C=O) groups excluding carboxylic acids is 5. The van der Waals surface area contributed by atoms with Crippen LogP contribution in [-0.4, -0.2) is 79.6 Å². The van der Waals surface area contributed by atoms with Crippen molar-refractivity contribution in [2.24, 2.45) is 34.3 Å². The summed E-state index contributed by atoms with van der Waals surface area (Å²) in [6.45, 7) is 10.1. The number of carbonyl (C=O) groups is 5. The molecule has 1 aromatic rings. The minimum Gasteiger partial charge on any atom is -0.363 e. The second kappa shape index (κ2) is 13.9. The van der Waals surface area contributed by atoms with Crippen molar-refractivity contribution in [2.45, 2.75) is 121 Å². The normalized spacial score (nSPS) is 26.2. The van der Waals surface area contributed by atoms with Gasteiger partial charge >= 0.3 is 6.03 Å². The highest BCUT2D eigenvalue weighted by atomic mass is 32.2. The van der Waals surface area contributed by atoms with Gasteiger partial charge in [0.15, 0.2) is 0 Å². The first-order valence-electron chi connectivity index (χ1n) is 17.4. The van der Waals surface area contributed by atoms with Gasteiger partial charge in [0.1, 0.15) is 17.1 Å². The Balaban J connectivity index is 1.33. The molecule has 0 radical (unpaired) electrons. The van der Waals surface area contributed by atoms with Crippen LogP contribution in [0, 0.1) is 28.6 Å². The average molecular weight is 685 g/mol. The molecule has 48 heavy (non-hydrogen) atoms. The van der Waals surface area contributed by atoms with Gasteiger partial charge in [-0.3, -0.25) is 23.4 Å². The molecule has 6 atom stereocenters. The summed E-state index contributed by atoms with van der Waals surface area (Å²) < 4.78 is 13.3. The van der Waals surface area contributed by atoms with Crippen LogP contribution in [0.15, 0.2) is 29.4 Å². The molecule has 1 saturated heterocycles. The maximum atomic E-state index is 14.4. The summed E-state index contributed by atoms with van der Waals surface area (Å²) >= 11 is 0. The van der Waals surface area contributed by atoms with Crippen molar-refractivity contribution in [1.29, 1.82) is 0 Å². The molecule has 5 N–H and O–H groups in total. The fourth-order valence-electron chi connectivity index (χ4n) is 8.10. The molecule has 0 aromatic carbocycles. The van der Waals surface area contributed by atoms with Gasteiger partial charge in [-0.25, -0.2) is 9.78 Å². The molecule has 3 aliphatic carbocycles. The van der Waals surface area contributed by atoms with E-state index < -0.39 is 63.5 Å². The van der Waals surface area contributed by atoms with Crippen LogP contribution in [-0.2, 0) is 30.0 Å². The zero-order valence-electron chi connectivity index (χ0n) is 28.9. The summed E-state index contributed by atoms with van der Waals surface area (Å²) in [5.74, 6) is -2.39. The van der Waals surface area contributed by atoms with Crippen LogP contribution in [0.1, 0.15) is 92.4 Å². The third-order valence-corrected chi connectivity index (χ3v) is 12.8. The molecule has 12 nitrogen and oxygen atoms in total. The molecule has 5 amide bonds. The summed E-state index contributed by atoms with van der Waals surface area (Å²) in [5.41, 5.74) is 3.72. The van der Waals surface area contributed by atoms with E-state index in [-0.39, 0.29) is 34.8 Å². The van der Waals surface area contributed by atoms with Crippen LogP contribution in [0.5, 0.6) is 0 Å². The lowest BCUT2D eigenvalue weighted by molar-refractivity contribution is -0.145. The van der Waals surface area contributed by atoms with E-state index in [1.807, 2.05) is 20.8 Å². The molecular weight excluding hydrogens is 632 g/mol. The molecule has 264 valence electrons. The Morgan fingerprint density at radius 3 is 2.29 bits per heavy atom. The summed E-state index contributed by atoms with van der Waals surface area (Å²) in [6.07, 6.45) is 8.92. The third-order valence-electron chi connectivity index (χ3n) is 11.3. The number of rotatable bonds is 12. The molecule has 1 aliphatic heterocycles. The minimum absolute atomic E-state index is 0.0793. The maximum Gasteiger partial charge on any atom is 0.315 e. The number of aromatic nitrogens is 1. The SMILES string of the molecule is CC1(C)C2CN(C(=O)[C@@H](NC(=O)NC3(CS(=O)c4ccccn4)CCCCC3)C(C)(C)C)[C@H](C(=O)NC(CC3CCC3)C(=O)C(N)=O)C21. The van der Waals surface area contributed by atoms with Gasteiger partial charge in [-0.15, -0.1) is 0 Å². The number of nitrogens with one attached hydrogen (secondary N) is 3. The Bertz CT molecular complexity index is 1430. The molecule has 5 rings (SSSR count). The number of hydrogen-bond donors (Lipinski definition) is 4. The van der Waals surface area contributed by atoms with Crippen LogP contribution in [0.2, 0.25) is 0 Å². The molecular formula is C35H52N6O6S. The average Bonchev–Trinajstić information content (AvgIpc) is 3.32. The van der Waals surface area contributed by atoms with Crippen LogP contribution in [0.4, 0.5) is 4.79 Å². The second-order valence-electron chi connectivity index (χ2n) is 16.1. The Labute approximate surface area is 286 Å². The fourth-order valence-corrected chi connectivity index (χ4v) is 9.52. The highest BCUT2D eigenvalue weighted by Crippen LogP contribution is 2.65. The number of likely N-dealkylation sites (tertiary alicyclic amines) is 1.